The van der Waals surface area contributed by atoms with Crippen molar-refractivity contribution in [3.63, 3.8) is 0 Å². The minimum atomic E-state index is -3.25. The molecule has 2 rings (SSSR count). The molecule has 0 radical (unpaired) electrons. The smallest absolute Gasteiger partial charge is 0.221 e. The number of hydrogen-bond donors (Lipinski definition) is 2. The standard InChI is InChI=1S/C12H20N4O3S/c1-16-8-7-13-12(16)11(9-3-4-9)15-10(17)5-6-14-20(2,18)19/h7-9,11,14H,3-6H2,1-2H3,(H,15,17)/t11-/m0/s1. The van der Waals surface area contributed by atoms with Crippen molar-refractivity contribution in [3.05, 3.63) is 18.2 Å². The number of nitrogens with one attached hydrogen (secondary N) is 2. The average Bonchev–Trinajstić information content (AvgIpc) is 3.08. The summed E-state index contributed by atoms with van der Waals surface area (Å²) >= 11 is 0. The average molecular weight is 300 g/mol. The SMILES string of the molecule is Cn1ccnc1[C@@H](NC(=O)CCNS(C)(=O)=O)C1CC1. The number of amides is 1. The van der Waals surface area contributed by atoms with Crippen LogP contribution >= 0.6 is 0 Å². The van der Waals surface area contributed by atoms with Crippen molar-refractivity contribution in [2.75, 3.05) is 12.8 Å². The Hall–Kier alpha value is -1.41. The summed E-state index contributed by atoms with van der Waals surface area (Å²) in [6.45, 7) is 0.114. The second-order valence-corrected chi connectivity index (χ2v) is 7.03. The first-order valence-electron chi connectivity index (χ1n) is 6.58. The lowest BCUT2D eigenvalue weighted by Crippen LogP contribution is -2.34. The van der Waals surface area contributed by atoms with Gasteiger partial charge in [0.15, 0.2) is 0 Å². The molecule has 1 aliphatic carbocycles. The summed E-state index contributed by atoms with van der Waals surface area (Å²) in [7, 11) is -1.35. The Balaban J connectivity index is 1.89. The van der Waals surface area contributed by atoms with Gasteiger partial charge in [-0.2, -0.15) is 0 Å². The van der Waals surface area contributed by atoms with Crippen LogP contribution in [0.4, 0.5) is 0 Å². The molecule has 7 nitrogen and oxygen atoms in total. The molecule has 0 aromatic carbocycles. The van der Waals surface area contributed by atoms with Crippen molar-refractivity contribution in [1.29, 1.82) is 0 Å². The fourth-order valence-corrected chi connectivity index (χ4v) is 2.57. The first-order chi connectivity index (χ1) is 9.37. The molecule has 8 heteroatoms. The Kier molecular flexibility index (Phi) is 4.44. The van der Waals surface area contributed by atoms with E-state index in [0.29, 0.717) is 5.92 Å². The van der Waals surface area contributed by atoms with E-state index >= 15 is 0 Å². The highest BCUT2D eigenvalue weighted by Crippen LogP contribution is 2.40. The van der Waals surface area contributed by atoms with Crippen molar-refractivity contribution in [2.24, 2.45) is 13.0 Å². The maximum absolute atomic E-state index is 11.9. The second kappa shape index (κ2) is 5.92. The molecule has 1 fully saturated rings. The van der Waals surface area contributed by atoms with Crippen molar-refractivity contribution < 1.29 is 13.2 Å². The minimum Gasteiger partial charge on any atom is -0.346 e. The molecule has 1 amide bonds. The van der Waals surface area contributed by atoms with Crippen molar-refractivity contribution in [3.8, 4) is 0 Å². The molecule has 0 aliphatic heterocycles. The molecule has 1 saturated carbocycles. The summed E-state index contributed by atoms with van der Waals surface area (Å²) < 4.78 is 26.1. The van der Waals surface area contributed by atoms with E-state index in [1.807, 2.05) is 17.8 Å². The summed E-state index contributed by atoms with van der Waals surface area (Å²) in [6, 6.07) is -0.0827. The van der Waals surface area contributed by atoms with Crippen molar-refractivity contribution in [2.45, 2.75) is 25.3 Å². The van der Waals surface area contributed by atoms with Gasteiger partial charge in [-0.15, -0.1) is 0 Å². The number of aryl methyl sites for hydroxylation is 1. The minimum absolute atomic E-state index is 0.0827. The molecule has 2 N–H and O–H groups in total. The summed E-state index contributed by atoms with van der Waals surface area (Å²) in [5.41, 5.74) is 0. The molecule has 1 aromatic heterocycles. The molecule has 0 spiro atoms. The molecule has 0 saturated heterocycles. The second-order valence-electron chi connectivity index (χ2n) is 5.20. The lowest BCUT2D eigenvalue weighted by Gasteiger charge is -2.18. The Morgan fingerprint density at radius 2 is 2.25 bits per heavy atom. The topological polar surface area (TPSA) is 93.1 Å². The quantitative estimate of drug-likeness (QED) is 0.737. The van der Waals surface area contributed by atoms with E-state index in [1.54, 1.807) is 6.20 Å². The van der Waals surface area contributed by atoms with Crippen LogP contribution < -0.4 is 10.0 Å². The number of nitrogens with zero attached hydrogens (tertiary/aromatic N) is 2. The van der Waals surface area contributed by atoms with Crippen molar-refractivity contribution in [1.82, 2.24) is 19.6 Å². The van der Waals surface area contributed by atoms with E-state index in [-0.39, 0.29) is 24.9 Å². The molecule has 1 aliphatic rings. The van der Waals surface area contributed by atoms with Crippen LogP contribution in [0.2, 0.25) is 0 Å². The fraction of sp³-hybridized carbons (Fsp3) is 0.667. The third kappa shape index (κ3) is 4.31. The van der Waals surface area contributed by atoms with E-state index in [9.17, 15) is 13.2 Å². The predicted octanol–water partition coefficient (Wildman–Crippen LogP) is -0.0733. The number of carbonyl (C=O) groups excluding carboxylic acids is 1. The van der Waals surface area contributed by atoms with E-state index in [4.69, 9.17) is 0 Å². The molecule has 112 valence electrons. The van der Waals surface area contributed by atoms with Crippen LogP contribution in [0.1, 0.15) is 31.1 Å². The highest BCUT2D eigenvalue weighted by Gasteiger charge is 2.35. The molecule has 1 heterocycles. The summed E-state index contributed by atoms with van der Waals surface area (Å²) in [4.78, 5) is 16.2. The summed E-state index contributed by atoms with van der Waals surface area (Å²) in [5, 5.41) is 2.95. The summed E-state index contributed by atoms with van der Waals surface area (Å²) in [6.07, 6.45) is 6.93. The van der Waals surface area contributed by atoms with Gasteiger partial charge in [0, 0.05) is 32.4 Å². The maximum Gasteiger partial charge on any atom is 0.221 e. The van der Waals surface area contributed by atoms with Gasteiger partial charge in [0.2, 0.25) is 15.9 Å². The van der Waals surface area contributed by atoms with Gasteiger partial charge in [0.25, 0.3) is 0 Å². The zero-order valence-electron chi connectivity index (χ0n) is 11.7. The molecular formula is C12H20N4O3S. The Morgan fingerprint density at radius 3 is 2.75 bits per heavy atom. The van der Waals surface area contributed by atoms with Crippen LogP contribution in [0.3, 0.4) is 0 Å². The third-order valence-electron chi connectivity index (χ3n) is 3.26. The highest BCUT2D eigenvalue weighted by atomic mass is 32.2. The summed E-state index contributed by atoms with van der Waals surface area (Å²) in [5.74, 6) is 1.11. The Labute approximate surface area is 118 Å². The van der Waals surface area contributed by atoms with Crippen LogP contribution in [0, 0.1) is 5.92 Å². The molecule has 0 bridgehead atoms. The normalized spacial score (nSPS) is 16.9. The largest absolute Gasteiger partial charge is 0.346 e. The number of aromatic nitrogens is 2. The first kappa shape index (κ1) is 15.0. The van der Waals surface area contributed by atoms with E-state index in [0.717, 1.165) is 24.9 Å². The van der Waals surface area contributed by atoms with Gasteiger partial charge in [0.1, 0.15) is 5.82 Å². The van der Waals surface area contributed by atoms with Crippen LogP contribution in [-0.4, -0.2) is 36.7 Å². The van der Waals surface area contributed by atoms with Crippen LogP contribution in [-0.2, 0) is 21.9 Å². The first-order valence-corrected chi connectivity index (χ1v) is 8.47. The maximum atomic E-state index is 11.9. The number of sulfonamides is 1. The molecule has 1 atom stereocenters. The number of carbonyl (C=O) groups is 1. The van der Waals surface area contributed by atoms with Gasteiger partial charge < -0.3 is 9.88 Å². The lowest BCUT2D eigenvalue weighted by atomic mass is 10.1. The molecular weight excluding hydrogens is 280 g/mol. The van der Waals surface area contributed by atoms with Crippen LogP contribution in [0.5, 0.6) is 0 Å². The van der Waals surface area contributed by atoms with Gasteiger partial charge in [-0.05, 0) is 18.8 Å². The van der Waals surface area contributed by atoms with E-state index in [2.05, 4.69) is 15.0 Å². The van der Waals surface area contributed by atoms with E-state index < -0.39 is 10.0 Å². The third-order valence-corrected chi connectivity index (χ3v) is 3.99. The van der Waals surface area contributed by atoms with Gasteiger partial charge in [-0.25, -0.2) is 18.1 Å². The molecule has 1 aromatic rings. The van der Waals surface area contributed by atoms with Gasteiger partial charge >= 0.3 is 0 Å². The fourth-order valence-electron chi connectivity index (χ4n) is 2.10. The highest BCUT2D eigenvalue weighted by molar-refractivity contribution is 7.88. The zero-order chi connectivity index (χ0) is 14.8. The van der Waals surface area contributed by atoms with Crippen LogP contribution in [0.15, 0.2) is 12.4 Å². The van der Waals surface area contributed by atoms with Crippen molar-refractivity contribution >= 4 is 15.9 Å². The predicted molar refractivity (Wildman–Crippen MR) is 74.3 cm³/mol. The number of imidazole rings is 1. The molecule has 20 heavy (non-hydrogen) atoms. The monoisotopic (exact) mass is 300 g/mol. The Bertz CT molecular complexity index is 577. The van der Waals surface area contributed by atoms with Gasteiger partial charge in [-0.3, -0.25) is 4.79 Å². The lowest BCUT2D eigenvalue weighted by molar-refractivity contribution is -0.121. The number of rotatable bonds is 7. The van der Waals surface area contributed by atoms with Gasteiger partial charge in [-0.1, -0.05) is 0 Å². The zero-order valence-corrected chi connectivity index (χ0v) is 12.5. The van der Waals surface area contributed by atoms with Gasteiger partial charge in [0.05, 0.1) is 12.3 Å². The number of hydrogen-bond acceptors (Lipinski definition) is 4. The molecule has 0 unspecified atom stereocenters. The van der Waals surface area contributed by atoms with Crippen LogP contribution in [0.25, 0.3) is 0 Å². The van der Waals surface area contributed by atoms with E-state index in [1.165, 1.54) is 0 Å². The Morgan fingerprint density at radius 1 is 1.55 bits per heavy atom.